The Hall–Kier alpha value is -2.73. The summed E-state index contributed by atoms with van der Waals surface area (Å²) in [7, 11) is 4.91. The molecule has 33 heavy (non-hydrogen) atoms. The van der Waals surface area contributed by atoms with E-state index in [2.05, 4.69) is 36.1 Å². The number of nitrogens with zero attached hydrogens (tertiary/aromatic N) is 2. The fraction of sp³-hybridized carbons (Fsp3) is 0.519. The summed E-state index contributed by atoms with van der Waals surface area (Å²) < 4.78 is 16.6. The van der Waals surface area contributed by atoms with E-state index in [9.17, 15) is 4.79 Å². The smallest absolute Gasteiger partial charge is 0.229 e. The predicted molar refractivity (Wildman–Crippen MR) is 133 cm³/mol. The van der Waals surface area contributed by atoms with Crippen molar-refractivity contribution in [1.29, 1.82) is 0 Å². The number of anilines is 1. The Morgan fingerprint density at radius 2 is 1.61 bits per heavy atom. The molecular formula is C27H38N2O4. The third kappa shape index (κ3) is 5.61. The number of methoxy groups -OCH3 is 3. The lowest BCUT2D eigenvalue weighted by Crippen LogP contribution is -2.48. The molecule has 3 rings (SSSR count). The first-order chi connectivity index (χ1) is 15.9. The topological polar surface area (TPSA) is 51.2 Å². The zero-order valence-corrected chi connectivity index (χ0v) is 20.9. The summed E-state index contributed by atoms with van der Waals surface area (Å²) in [5, 5.41) is 0. The molecule has 6 heteroatoms. The summed E-state index contributed by atoms with van der Waals surface area (Å²) in [6.07, 6.45) is 2.86. The van der Waals surface area contributed by atoms with Gasteiger partial charge in [-0.3, -0.25) is 9.69 Å². The lowest BCUT2D eigenvalue weighted by Gasteiger charge is -2.39. The zero-order valence-electron chi connectivity index (χ0n) is 20.9. The van der Waals surface area contributed by atoms with E-state index < -0.39 is 0 Å². The number of aryl methyl sites for hydroxylation is 1. The molecule has 0 spiro atoms. The van der Waals surface area contributed by atoms with Gasteiger partial charge in [0.25, 0.3) is 0 Å². The molecule has 0 saturated carbocycles. The van der Waals surface area contributed by atoms with Gasteiger partial charge in [0.05, 0.1) is 21.3 Å². The number of likely N-dealkylation sites (tertiary alicyclic amines) is 1. The van der Waals surface area contributed by atoms with E-state index in [0.29, 0.717) is 17.2 Å². The van der Waals surface area contributed by atoms with Crippen LogP contribution in [0.3, 0.4) is 0 Å². The zero-order chi connectivity index (χ0) is 24.0. The number of carbonyl (C=O) groups excluding carboxylic acids is 1. The van der Waals surface area contributed by atoms with Crippen molar-refractivity contribution in [2.75, 3.05) is 39.3 Å². The number of amides is 1. The second-order valence-corrected chi connectivity index (χ2v) is 8.88. The number of ether oxygens (including phenoxy) is 3. The van der Waals surface area contributed by atoms with E-state index in [0.717, 1.165) is 50.1 Å². The van der Waals surface area contributed by atoms with E-state index in [4.69, 9.17) is 14.2 Å². The normalized spacial score (nSPS) is 14.9. The van der Waals surface area contributed by atoms with Crippen LogP contribution >= 0.6 is 0 Å². The number of benzene rings is 2. The summed E-state index contributed by atoms with van der Waals surface area (Å²) in [6, 6.07) is 12.6. The van der Waals surface area contributed by atoms with Crippen LogP contribution in [0.15, 0.2) is 36.4 Å². The van der Waals surface area contributed by atoms with Crippen LogP contribution in [0, 0.1) is 5.92 Å². The lowest BCUT2D eigenvalue weighted by atomic mass is 9.99. The largest absolute Gasteiger partial charge is 0.493 e. The van der Waals surface area contributed by atoms with Gasteiger partial charge in [-0.25, -0.2) is 0 Å². The minimum Gasteiger partial charge on any atom is -0.493 e. The van der Waals surface area contributed by atoms with Crippen LogP contribution in [-0.4, -0.2) is 51.3 Å². The van der Waals surface area contributed by atoms with Crippen molar-refractivity contribution in [2.45, 2.75) is 52.6 Å². The Kier molecular flexibility index (Phi) is 8.61. The minimum atomic E-state index is -0.0371. The third-order valence-corrected chi connectivity index (χ3v) is 6.46. The summed E-state index contributed by atoms with van der Waals surface area (Å²) >= 11 is 0. The SMILES string of the molecule is CCc1ccc(N(C(=O)C(C)C)C2CCN(Cc3ccc(OC)c(OC)c3OC)CC2)cc1. The monoisotopic (exact) mass is 454 g/mol. The van der Waals surface area contributed by atoms with Gasteiger partial charge in [-0.05, 0) is 43.0 Å². The molecular weight excluding hydrogens is 416 g/mol. The molecule has 180 valence electrons. The highest BCUT2D eigenvalue weighted by atomic mass is 16.5. The molecule has 1 saturated heterocycles. The maximum absolute atomic E-state index is 13.2. The van der Waals surface area contributed by atoms with Crippen molar-refractivity contribution in [2.24, 2.45) is 5.92 Å². The van der Waals surface area contributed by atoms with Crippen molar-refractivity contribution in [3.05, 3.63) is 47.5 Å². The number of carbonyl (C=O) groups is 1. The van der Waals surface area contributed by atoms with Gasteiger partial charge in [-0.1, -0.05) is 39.0 Å². The molecule has 1 amide bonds. The predicted octanol–water partition coefficient (Wildman–Crippen LogP) is 4.93. The molecule has 2 aromatic carbocycles. The van der Waals surface area contributed by atoms with E-state index in [1.807, 2.05) is 30.9 Å². The molecule has 6 nitrogen and oxygen atoms in total. The number of hydrogen-bond donors (Lipinski definition) is 0. The van der Waals surface area contributed by atoms with Gasteiger partial charge in [-0.15, -0.1) is 0 Å². The van der Waals surface area contributed by atoms with Gasteiger partial charge in [0, 0.05) is 42.8 Å². The van der Waals surface area contributed by atoms with Crippen molar-refractivity contribution < 1.29 is 19.0 Å². The Morgan fingerprint density at radius 1 is 0.970 bits per heavy atom. The van der Waals surface area contributed by atoms with Gasteiger partial charge in [0.1, 0.15) is 0 Å². The van der Waals surface area contributed by atoms with Gasteiger partial charge in [0.15, 0.2) is 11.5 Å². The van der Waals surface area contributed by atoms with Crippen molar-refractivity contribution in [3.63, 3.8) is 0 Å². The summed E-state index contributed by atoms with van der Waals surface area (Å²) in [5.41, 5.74) is 3.36. The Labute approximate surface area is 198 Å². The molecule has 0 N–H and O–H groups in total. The average molecular weight is 455 g/mol. The van der Waals surface area contributed by atoms with Crippen molar-refractivity contribution in [1.82, 2.24) is 4.90 Å². The number of hydrogen-bond acceptors (Lipinski definition) is 5. The fourth-order valence-electron chi connectivity index (χ4n) is 4.55. The first-order valence-electron chi connectivity index (χ1n) is 11.9. The van der Waals surface area contributed by atoms with E-state index >= 15 is 0 Å². The quantitative estimate of drug-likeness (QED) is 0.538. The van der Waals surface area contributed by atoms with Crippen LogP contribution < -0.4 is 19.1 Å². The molecule has 1 fully saturated rings. The number of piperidine rings is 1. The van der Waals surface area contributed by atoms with Crippen molar-refractivity contribution in [3.8, 4) is 17.2 Å². The molecule has 1 aliphatic heterocycles. The van der Waals surface area contributed by atoms with Gasteiger partial charge < -0.3 is 19.1 Å². The summed E-state index contributed by atoms with van der Waals surface area (Å²) in [6.45, 7) is 8.70. The van der Waals surface area contributed by atoms with Crippen LogP contribution in [-0.2, 0) is 17.8 Å². The standard InChI is InChI=1S/C27H38N2O4/c1-7-20-8-11-22(12-9-20)29(27(30)19(2)3)23-14-16-28(17-15-23)18-21-10-13-24(31-4)26(33-6)25(21)32-5/h8-13,19,23H,7,14-18H2,1-6H3. The Balaban J connectivity index is 1.73. The van der Waals surface area contributed by atoms with E-state index in [-0.39, 0.29) is 17.9 Å². The van der Waals surface area contributed by atoms with Crippen LogP contribution in [0.4, 0.5) is 5.69 Å². The molecule has 0 bridgehead atoms. The van der Waals surface area contributed by atoms with Crippen LogP contribution in [0.2, 0.25) is 0 Å². The molecule has 1 heterocycles. The van der Waals surface area contributed by atoms with E-state index in [1.165, 1.54) is 5.56 Å². The average Bonchev–Trinajstić information content (AvgIpc) is 2.85. The second kappa shape index (κ2) is 11.4. The minimum absolute atomic E-state index is 0.0371. The maximum Gasteiger partial charge on any atom is 0.229 e. The summed E-state index contributed by atoms with van der Waals surface area (Å²) in [5.74, 6) is 2.15. The first-order valence-corrected chi connectivity index (χ1v) is 11.9. The molecule has 0 aromatic heterocycles. The Bertz CT molecular complexity index is 918. The van der Waals surface area contributed by atoms with Gasteiger partial charge >= 0.3 is 0 Å². The lowest BCUT2D eigenvalue weighted by molar-refractivity contribution is -0.122. The Morgan fingerprint density at radius 3 is 2.12 bits per heavy atom. The van der Waals surface area contributed by atoms with E-state index in [1.54, 1.807) is 21.3 Å². The third-order valence-electron chi connectivity index (χ3n) is 6.46. The van der Waals surface area contributed by atoms with Crippen LogP contribution in [0.25, 0.3) is 0 Å². The molecule has 0 atom stereocenters. The van der Waals surface area contributed by atoms with Crippen LogP contribution in [0.1, 0.15) is 44.7 Å². The molecule has 0 unspecified atom stereocenters. The molecule has 1 aliphatic rings. The molecule has 2 aromatic rings. The highest BCUT2D eigenvalue weighted by Gasteiger charge is 2.31. The molecule has 0 radical (unpaired) electrons. The highest BCUT2D eigenvalue weighted by Crippen LogP contribution is 2.40. The maximum atomic E-state index is 13.2. The fourth-order valence-corrected chi connectivity index (χ4v) is 4.55. The molecule has 0 aliphatic carbocycles. The summed E-state index contributed by atoms with van der Waals surface area (Å²) in [4.78, 5) is 17.6. The first kappa shape index (κ1) is 24.9. The highest BCUT2D eigenvalue weighted by molar-refractivity contribution is 5.95. The number of rotatable bonds is 9. The van der Waals surface area contributed by atoms with Gasteiger partial charge in [-0.2, -0.15) is 0 Å². The second-order valence-electron chi connectivity index (χ2n) is 8.88. The van der Waals surface area contributed by atoms with Crippen molar-refractivity contribution >= 4 is 11.6 Å². The van der Waals surface area contributed by atoms with Crippen LogP contribution in [0.5, 0.6) is 17.2 Å². The van der Waals surface area contributed by atoms with Gasteiger partial charge in [0.2, 0.25) is 11.7 Å².